The quantitative estimate of drug-likeness (QED) is 0.932. The number of carbonyl (C=O) groups is 1. The predicted molar refractivity (Wildman–Crippen MR) is 90.5 cm³/mol. The highest BCUT2D eigenvalue weighted by Gasteiger charge is 2.27. The molecule has 1 fully saturated rings. The number of methoxy groups -OCH3 is 1. The summed E-state index contributed by atoms with van der Waals surface area (Å²) in [6.45, 7) is 5.10. The summed E-state index contributed by atoms with van der Waals surface area (Å²) in [7, 11) is 1.64. The van der Waals surface area contributed by atoms with Gasteiger partial charge in [0.15, 0.2) is 0 Å². The van der Waals surface area contributed by atoms with Gasteiger partial charge in [-0.3, -0.25) is 4.79 Å². The smallest absolute Gasteiger partial charge is 0.251 e. The first-order valence-electron chi connectivity index (χ1n) is 8.13. The maximum Gasteiger partial charge on any atom is 0.251 e. The summed E-state index contributed by atoms with van der Waals surface area (Å²) in [5, 5.41) is 7.53. The van der Waals surface area contributed by atoms with Crippen LogP contribution in [-0.2, 0) is 9.47 Å². The lowest BCUT2D eigenvalue weighted by atomic mass is 10.1. The Kier molecular flexibility index (Phi) is 4.97. The van der Waals surface area contributed by atoms with Crippen LogP contribution in [-0.4, -0.2) is 48.2 Å². The standard InChI is InChI=1S/C18H23N3O3/c1-12-9-13(2)21(20-12)15-6-4-5-14(10-15)18(22)19-16-7-8-24-11-17(16)23-3/h4-6,9-10,16-17H,7-8,11H2,1-3H3,(H,19,22). The van der Waals surface area contributed by atoms with E-state index in [1.54, 1.807) is 7.11 Å². The Balaban J connectivity index is 1.78. The normalized spacial score (nSPS) is 20.8. The van der Waals surface area contributed by atoms with Crippen LogP contribution in [0.25, 0.3) is 5.69 Å². The molecule has 1 aromatic heterocycles. The number of aryl methyl sites for hydroxylation is 2. The fraction of sp³-hybridized carbons (Fsp3) is 0.444. The lowest BCUT2D eigenvalue weighted by Crippen LogP contribution is -2.49. The lowest BCUT2D eigenvalue weighted by molar-refractivity contribution is -0.0479. The molecular formula is C18H23N3O3. The van der Waals surface area contributed by atoms with Crippen LogP contribution in [0.1, 0.15) is 28.2 Å². The number of nitrogens with zero attached hydrogens (tertiary/aromatic N) is 2. The highest BCUT2D eigenvalue weighted by Crippen LogP contribution is 2.15. The van der Waals surface area contributed by atoms with Crippen molar-refractivity contribution in [3.8, 4) is 5.69 Å². The molecule has 6 nitrogen and oxygen atoms in total. The van der Waals surface area contributed by atoms with Gasteiger partial charge < -0.3 is 14.8 Å². The van der Waals surface area contributed by atoms with E-state index in [9.17, 15) is 4.79 Å². The third-order valence-electron chi connectivity index (χ3n) is 4.29. The number of aromatic nitrogens is 2. The molecule has 0 bridgehead atoms. The first kappa shape index (κ1) is 16.7. The minimum atomic E-state index is -0.109. The largest absolute Gasteiger partial charge is 0.379 e. The van der Waals surface area contributed by atoms with Crippen LogP contribution in [0.2, 0.25) is 0 Å². The fourth-order valence-electron chi connectivity index (χ4n) is 3.03. The molecule has 24 heavy (non-hydrogen) atoms. The molecule has 0 saturated carbocycles. The van der Waals surface area contributed by atoms with Gasteiger partial charge in [0.25, 0.3) is 5.91 Å². The molecule has 2 heterocycles. The fourth-order valence-corrected chi connectivity index (χ4v) is 3.03. The molecular weight excluding hydrogens is 306 g/mol. The molecule has 3 rings (SSSR count). The predicted octanol–water partition coefficient (Wildman–Crippen LogP) is 2.02. The van der Waals surface area contributed by atoms with E-state index in [2.05, 4.69) is 10.4 Å². The van der Waals surface area contributed by atoms with Gasteiger partial charge in [-0.2, -0.15) is 5.10 Å². The molecule has 1 aliphatic heterocycles. The molecule has 1 aliphatic rings. The van der Waals surface area contributed by atoms with Crippen LogP contribution < -0.4 is 5.32 Å². The van der Waals surface area contributed by atoms with E-state index in [0.717, 1.165) is 23.5 Å². The summed E-state index contributed by atoms with van der Waals surface area (Å²) < 4.78 is 12.6. The van der Waals surface area contributed by atoms with Crippen LogP contribution in [0, 0.1) is 13.8 Å². The molecule has 0 spiro atoms. The van der Waals surface area contributed by atoms with Crippen molar-refractivity contribution in [3.63, 3.8) is 0 Å². The zero-order valence-electron chi connectivity index (χ0n) is 14.3. The number of hydrogen-bond acceptors (Lipinski definition) is 4. The highest BCUT2D eigenvalue weighted by atomic mass is 16.5. The number of nitrogens with one attached hydrogen (secondary N) is 1. The van der Waals surface area contributed by atoms with Crippen LogP contribution in [0.15, 0.2) is 30.3 Å². The average Bonchev–Trinajstić information content (AvgIpc) is 2.94. The van der Waals surface area contributed by atoms with Gasteiger partial charge in [-0.25, -0.2) is 4.68 Å². The Morgan fingerprint density at radius 2 is 2.21 bits per heavy atom. The molecule has 128 valence electrons. The summed E-state index contributed by atoms with van der Waals surface area (Å²) in [5.41, 5.74) is 3.48. The molecule has 0 radical (unpaired) electrons. The minimum absolute atomic E-state index is 0.0337. The van der Waals surface area contributed by atoms with E-state index in [4.69, 9.17) is 9.47 Å². The third-order valence-corrected chi connectivity index (χ3v) is 4.29. The van der Waals surface area contributed by atoms with Gasteiger partial charge >= 0.3 is 0 Å². The van der Waals surface area contributed by atoms with E-state index < -0.39 is 0 Å². The number of hydrogen-bond donors (Lipinski definition) is 1. The Morgan fingerprint density at radius 1 is 1.38 bits per heavy atom. The second-order valence-electron chi connectivity index (χ2n) is 6.11. The minimum Gasteiger partial charge on any atom is -0.379 e. The van der Waals surface area contributed by atoms with Crippen LogP contribution >= 0.6 is 0 Å². The van der Waals surface area contributed by atoms with Crippen molar-refractivity contribution in [2.75, 3.05) is 20.3 Å². The SMILES string of the molecule is COC1COCCC1NC(=O)c1cccc(-n2nc(C)cc2C)c1. The third kappa shape index (κ3) is 3.49. The molecule has 2 aromatic rings. The number of carbonyl (C=O) groups excluding carboxylic acids is 1. The average molecular weight is 329 g/mol. The van der Waals surface area contributed by atoms with Gasteiger partial charge in [-0.15, -0.1) is 0 Å². The monoisotopic (exact) mass is 329 g/mol. The van der Waals surface area contributed by atoms with Crippen molar-refractivity contribution in [3.05, 3.63) is 47.3 Å². The van der Waals surface area contributed by atoms with E-state index >= 15 is 0 Å². The van der Waals surface area contributed by atoms with E-state index in [0.29, 0.717) is 18.8 Å². The maximum atomic E-state index is 12.6. The van der Waals surface area contributed by atoms with E-state index in [1.165, 1.54) is 0 Å². The Hall–Kier alpha value is -2.18. The number of amides is 1. The van der Waals surface area contributed by atoms with Gasteiger partial charge in [0.2, 0.25) is 0 Å². The summed E-state index contributed by atoms with van der Waals surface area (Å²) in [6, 6.07) is 9.47. The van der Waals surface area contributed by atoms with Crippen molar-refractivity contribution < 1.29 is 14.3 Å². The molecule has 1 N–H and O–H groups in total. The summed E-state index contributed by atoms with van der Waals surface area (Å²) in [4.78, 5) is 12.6. The summed E-state index contributed by atoms with van der Waals surface area (Å²) >= 11 is 0. The van der Waals surface area contributed by atoms with Gasteiger partial charge in [0.05, 0.1) is 24.0 Å². The van der Waals surface area contributed by atoms with Crippen molar-refractivity contribution in [2.45, 2.75) is 32.4 Å². The van der Waals surface area contributed by atoms with Crippen LogP contribution in [0.3, 0.4) is 0 Å². The van der Waals surface area contributed by atoms with Gasteiger partial charge in [-0.05, 0) is 44.5 Å². The summed E-state index contributed by atoms with van der Waals surface area (Å²) in [5.74, 6) is -0.104. The van der Waals surface area contributed by atoms with E-state index in [-0.39, 0.29) is 18.1 Å². The topological polar surface area (TPSA) is 65.4 Å². The van der Waals surface area contributed by atoms with Crippen molar-refractivity contribution >= 4 is 5.91 Å². The van der Waals surface area contributed by atoms with Gasteiger partial charge in [0.1, 0.15) is 6.10 Å². The van der Waals surface area contributed by atoms with Crippen molar-refractivity contribution in [1.29, 1.82) is 0 Å². The van der Waals surface area contributed by atoms with Gasteiger partial charge in [-0.1, -0.05) is 6.07 Å². The molecule has 6 heteroatoms. The zero-order chi connectivity index (χ0) is 17.1. The molecule has 2 atom stereocenters. The highest BCUT2D eigenvalue weighted by molar-refractivity contribution is 5.95. The Morgan fingerprint density at radius 3 is 2.92 bits per heavy atom. The van der Waals surface area contributed by atoms with Crippen molar-refractivity contribution in [1.82, 2.24) is 15.1 Å². The summed E-state index contributed by atoms with van der Waals surface area (Å²) in [6.07, 6.45) is 0.642. The van der Waals surface area contributed by atoms with Crippen LogP contribution in [0.4, 0.5) is 0 Å². The van der Waals surface area contributed by atoms with Crippen molar-refractivity contribution in [2.24, 2.45) is 0 Å². The zero-order valence-corrected chi connectivity index (χ0v) is 14.3. The molecule has 1 saturated heterocycles. The van der Waals surface area contributed by atoms with Gasteiger partial charge in [0, 0.05) is 25.0 Å². The number of ether oxygens (including phenoxy) is 2. The Bertz CT molecular complexity index is 726. The first-order chi connectivity index (χ1) is 11.6. The lowest BCUT2D eigenvalue weighted by Gasteiger charge is -2.31. The van der Waals surface area contributed by atoms with Crippen LogP contribution in [0.5, 0.6) is 0 Å². The first-order valence-corrected chi connectivity index (χ1v) is 8.13. The number of rotatable bonds is 4. The molecule has 2 unspecified atom stereocenters. The number of benzene rings is 1. The Labute approximate surface area is 141 Å². The van der Waals surface area contributed by atoms with E-state index in [1.807, 2.05) is 48.9 Å². The molecule has 1 amide bonds. The second-order valence-corrected chi connectivity index (χ2v) is 6.11. The molecule has 0 aliphatic carbocycles. The second kappa shape index (κ2) is 7.15. The maximum absolute atomic E-state index is 12.6. The molecule has 1 aromatic carbocycles.